The Balaban J connectivity index is 3.11. The maximum Gasteiger partial charge on any atom is -0.00489 e. The van der Waals surface area contributed by atoms with Gasteiger partial charge in [0.2, 0.25) is 0 Å². The summed E-state index contributed by atoms with van der Waals surface area (Å²) < 4.78 is 0. The molecule has 0 aliphatic carbocycles. The van der Waals surface area contributed by atoms with Crippen LogP contribution in [0.5, 0.6) is 0 Å². The minimum atomic E-state index is 0.798. The van der Waals surface area contributed by atoms with Crippen LogP contribution in [0.25, 0.3) is 0 Å². The molecule has 0 aliphatic rings. The van der Waals surface area contributed by atoms with Crippen molar-refractivity contribution in [3.05, 3.63) is 0 Å². The quantitative estimate of drug-likeness (QED) is 0.109. The van der Waals surface area contributed by atoms with E-state index in [-0.39, 0.29) is 0 Å². The fraction of sp³-hybridized carbons (Fsp3) is 1.00. The van der Waals surface area contributed by atoms with Gasteiger partial charge in [0.15, 0.2) is 0 Å². The standard InChI is InChI=1S/C32H67N/c1-3-5-7-8-9-10-11-12-13-14-15-16-17-18-19-20-21-22-23-24-25-26-28-30-32(31-33)29-27-6-4-2/h32H,3-31,33H2,1-2H3. The zero-order valence-electron chi connectivity index (χ0n) is 23.7. The van der Waals surface area contributed by atoms with E-state index < -0.39 is 0 Å². The van der Waals surface area contributed by atoms with E-state index in [1.807, 2.05) is 0 Å². The van der Waals surface area contributed by atoms with E-state index in [2.05, 4.69) is 13.8 Å². The fourth-order valence-electron chi connectivity index (χ4n) is 5.28. The topological polar surface area (TPSA) is 26.0 Å². The van der Waals surface area contributed by atoms with Crippen molar-refractivity contribution in [1.82, 2.24) is 0 Å². The van der Waals surface area contributed by atoms with Crippen molar-refractivity contribution in [1.29, 1.82) is 0 Å². The zero-order valence-corrected chi connectivity index (χ0v) is 23.7. The highest BCUT2D eigenvalue weighted by Gasteiger charge is 2.05. The van der Waals surface area contributed by atoms with Gasteiger partial charge in [-0.25, -0.2) is 0 Å². The van der Waals surface area contributed by atoms with Gasteiger partial charge in [-0.2, -0.15) is 0 Å². The molecule has 0 rings (SSSR count). The summed E-state index contributed by atoms with van der Waals surface area (Å²) in [5.74, 6) is 0.798. The van der Waals surface area contributed by atoms with Crippen molar-refractivity contribution in [3.63, 3.8) is 0 Å². The van der Waals surface area contributed by atoms with E-state index in [9.17, 15) is 0 Å². The largest absolute Gasteiger partial charge is 0.330 e. The summed E-state index contributed by atoms with van der Waals surface area (Å²) in [4.78, 5) is 0. The molecule has 1 atom stereocenters. The van der Waals surface area contributed by atoms with E-state index in [1.54, 1.807) is 0 Å². The van der Waals surface area contributed by atoms with Crippen LogP contribution in [0.2, 0.25) is 0 Å². The number of unbranched alkanes of at least 4 members (excludes halogenated alkanes) is 24. The van der Waals surface area contributed by atoms with Crippen molar-refractivity contribution in [3.8, 4) is 0 Å². The van der Waals surface area contributed by atoms with Gasteiger partial charge in [-0.05, 0) is 25.3 Å². The monoisotopic (exact) mass is 466 g/mol. The van der Waals surface area contributed by atoms with Crippen molar-refractivity contribution >= 4 is 0 Å². The third-order valence-corrected chi connectivity index (χ3v) is 7.77. The lowest BCUT2D eigenvalue weighted by molar-refractivity contribution is 0.414. The van der Waals surface area contributed by atoms with Gasteiger partial charge in [0.05, 0.1) is 0 Å². The normalized spacial score (nSPS) is 12.5. The van der Waals surface area contributed by atoms with Crippen LogP contribution >= 0.6 is 0 Å². The van der Waals surface area contributed by atoms with Crippen molar-refractivity contribution in [2.24, 2.45) is 11.7 Å². The highest BCUT2D eigenvalue weighted by molar-refractivity contribution is 4.61. The molecule has 0 aromatic rings. The molecule has 1 heteroatoms. The molecule has 0 saturated heterocycles. The minimum absolute atomic E-state index is 0.798. The van der Waals surface area contributed by atoms with E-state index >= 15 is 0 Å². The molecule has 33 heavy (non-hydrogen) atoms. The number of hydrogen-bond acceptors (Lipinski definition) is 1. The molecule has 1 unspecified atom stereocenters. The van der Waals surface area contributed by atoms with E-state index in [0.717, 1.165) is 12.5 Å². The van der Waals surface area contributed by atoms with E-state index in [4.69, 9.17) is 5.73 Å². The van der Waals surface area contributed by atoms with Gasteiger partial charge < -0.3 is 5.73 Å². The Hall–Kier alpha value is -0.0400. The first-order valence-corrected chi connectivity index (χ1v) is 16.0. The summed E-state index contributed by atoms with van der Waals surface area (Å²) in [5.41, 5.74) is 5.95. The van der Waals surface area contributed by atoms with Crippen LogP contribution < -0.4 is 5.73 Å². The molecule has 0 saturated carbocycles. The second kappa shape index (κ2) is 30.0. The molecule has 0 amide bonds. The SMILES string of the molecule is CCCCCCCCCCCCCCCCCCCCCCCCCC(CN)CCCCC. The third kappa shape index (κ3) is 28.1. The molecule has 0 aromatic heterocycles. The summed E-state index contributed by atoms with van der Waals surface area (Å²) >= 11 is 0. The highest BCUT2D eigenvalue weighted by atomic mass is 14.5. The summed E-state index contributed by atoms with van der Waals surface area (Å²) in [6.07, 6.45) is 40.6. The van der Waals surface area contributed by atoms with Crippen LogP contribution in [0, 0.1) is 5.92 Å². The Morgan fingerprint density at radius 2 is 0.545 bits per heavy atom. The van der Waals surface area contributed by atoms with Crippen molar-refractivity contribution in [2.75, 3.05) is 6.54 Å². The van der Waals surface area contributed by atoms with Gasteiger partial charge in [-0.15, -0.1) is 0 Å². The maximum atomic E-state index is 5.95. The Morgan fingerprint density at radius 3 is 0.818 bits per heavy atom. The smallest absolute Gasteiger partial charge is 0.00489 e. The van der Waals surface area contributed by atoms with Crippen LogP contribution in [0.3, 0.4) is 0 Å². The summed E-state index contributed by atoms with van der Waals surface area (Å²) in [7, 11) is 0. The van der Waals surface area contributed by atoms with Crippen molar-refractivity contribution < 1.29 is 0 Å². The molecule has 200 valence electrons. The average Bonchev–Trinajstić information content (AvgIpc) is 2.83. The van der Waals surface area contributed by atoms with Crippen LogP contribution in [-0.2, 0) is 0 Å². The van der Waals surface area contributed by atoms with E-state index in [1.165, 1.54) is 180 Å². The molecule has 0 radical (unpaired) electrons. The predicted octanol–water partition coefficient (Wildman–Crippen LogP) is 11.5. The van der Waals surface area contributed by atoms with Gasteiger partial charge in [0.25, 0.3) is 0 Å². The average molecular weight is 466 g/mol. The Kier molecular flexibility index (Phi) is 30.0. The second-order valence-corrected chi connectivity index (χ2v) is 11.2. The van der Waals surface area contributed by atoms with Gasteiger partial charge in [-0.3, -0.25) is 0 Å². The predicted molar refractivity (Wildman–Crippen MR) is 153 cm³/mol. The molecule has 2 N–H and O–H groups in total. The number of hydrogen-bond donors (Lipinski definition) is 1. The van der Waals surface area contributed by atoms with Crippen LogP contribution in [0.15, 0.2) is 0 Å². The first-order valence-electron chi connectivity index (χ1n) is 16.0. The first kappa shape index (κ1) is 33.0. The third-order valence-electron chi connectivity index (χ3n) is 7.77. The Morgan fingerprint density at radius 1 is 0.333 bits per heavy atom. The molecule has 0 spiro atoms. The molecule has 0 aromatic carbocycles. The second-order valence-electron chi connectivity index (χ2n) is 11.2. The number of rotatable bonds is 29. The lowest BCUT2D eigenvalue weighted by Crippen LogP contribution is -2.14. The lowest BCUT2D eigenvalue weighted by atomic mass is 9.94. The van der Waals surface area contributed by atoms with Gasteiger partial charge in [0, 0.05) is 0 Å². The maximum absolute atomic E-state index is 5.95. The zero-order chi connectivity index (χ0) is 24.1. The van der Waals surface area contributed by atoms with Gasteiger partial charge in [0.1, 0.15) is 0 Å². The molecular formula is C32H67N. The number of nitrogens with two attached hydrogens (primary N) is 1. The van der Waals surface area contributed by atoms with Gasteiger partial charge >= 0.3 is 0 Å². The molecule has 0 fully saturated rings. The Bertz CT molecular complexity index is 326. The fourth-order valence-corrected chi connectivity index (χ4v) is 5.28. The molecule has 1 nitrogen and oxygen atoms in total. The minimum Gasteiger partial charge on any atom is -0.330 e. The van der Waals surface area contributed by atoms with Crippen LogP contribution in [0.1, 0.15) is 194 Å². The lowest BCUT2D eigenvalue weighted by Gasteiger charge is -2.14. The molecule has 0 aliphatic heterocycles. The summed E-state index contributed by atoms with van der Waals surface area (Å²) in [6, 6.07) is 0. The summed E-state index contributed by atoms with van der Waals surface area (Å²) in [6.45, 7) is 5.50. The molecule has 0 bridgehead atoms. The Labute approximate surface area is 211 Å². The van der Waals surface area contributed by atoms with Crippen molar-refractivity contribution in [2.45, 2.75) is 194 Å². The van der Waals surface area contributed by atoms with Crippen LogP contribution in [0.4, 0.5) is 0 Å². The molecular weight excluding hydrogens is 398 g/mol. The summed E-state index contributed by atoms with van der Waals surface area (Å²) in [5, 5.41) is 0. The van der Waals surface area contributed by atoms with Crippen LogP contribution in [-0.4, -0.2) is 6.54 Å². The van der Waals surface area contributed by atoms with E-state index in [0.29, 0.717) is 0 Å². The van der Waals surface area contributed by atoms with Gasteiger partial charge in [-0.1, -0.05) is 181 Å². The first-order chi connectivity index (χ1) is 16.3. The highest BCUT2D eigenvalue weighted by Crippen LogP contribution is 2.18. The molecule has 0 heterocycles.